The summed E-state index contributed by atoms with van der Waals surface area (Å²) in [6, 6.07) is 21.6. The number of guanidine groups is 1. The first-order chi connectivity index (χ1) is 15.1. The number of oxazole rings is 1. The van der Waals surface area contributed by atoms with Gasteiger partial charge < -0.3 is 9.73 Å². The van der Waals surface area contributed by atoms with E-state index in [1.165, 1.54) is 0 Å². The summed E-state index contributed by atoms with van der Waals surface area (Å²) in [7, 11) is 0. The summed E-state index contributed by atoms with van der Waals surface area (Å²) in [5.41, 5.74) is 1.99. The fraction of sp³-hybridized carbons (Fsp3) is 0. The van der Waals surface area contributed by atoms with E-state index in [0.29, 0.717) is 27.4 Å². The maximum Gasteiger partial charge on any atom is 0.326 e. The van der Waals surface area contributed by atoms with Gasteiger partial charge in [-0.2, -0.15) is 9.98 Å². The SMILES string of the molecule is O=C(NC(=Nc1nc2ccccc2o1)NC(=O)c1ccccc1)Nc1cccc(Cl)c1. The zero-order chi connectivity index (χ0) is 21.6. The molecule has 0 unspecified atom stereocenters. The number of urea groups is 1. The lowest BCUT2D eigenvalue weighted by molar-refractivity contribution is 0.0976. The maximum atomic E-state index is 12.6. The molecule has 0 bridgehead atoms. The third kappa shape index (κ3) is 5.26. The topological polar surface area (TPSA) is 109 Å². The highest BCUT2D eigenvalue weighted by molar-refractivity contribution is 6.30. The standard InChI is InChI=1S/C22H16ClN5O3/c23-15-9-6-10-16(13-15)24-21(30)27-20(26-19(29)14-7-2-1-3-8-14)28-22-25-17-11-4-5-12-18(17)31-22/h1-13H,(H3,24,25,26,27,28,29,30). The van der Waals surface area contributed by atoms with Crippen molar-refractivity contribution in [2.45, 2.75) is 0 Å². The molecule has 0 atom stereocenters. The van der Waals surface area contributed by atoms with Crippen molar-refractivity contribution in [1.82, 2.24) is 15.6 Å². The molecular weight excluding hydrogens is 418 g/mol. The number of anilines is 1. The Morgan fingerprint density at radius 2 is 1.68 bits per heavy atom. The summed E-state index contributed by atoms with van der Waals surface area (Å²) < 4.78 is 5.56. The Labute approximate surface area is 182 Å². The van der Waals surface area contributed by atoms with Crippen LogP contribution in [0.4, 0.5) is 16.5 Å². The van der Waals surface area contributed by atoms with Crippen molar-refractivity contribution >= 4 is 52.3 Å². The van der Waals surface area contributed by atoms with E-state index in [0.717, 1.165) is 0 Å². The number of nitrogens with zero attached hydrogens (tertiary/aromatic N) is 2. The van der Waals surface area contributed by atoms with Crippen LogP contribution in [0.3, 0.4) is 0 Å². The fourth-order valence-corrected chi connectivity index (χ4v) is 2.89. The molecule has 0 aliphatic rings. The Morgan fingerprint density at radius 3 is 2.45 bits per heavy atom. The molecule has 154 valence electrons. The molecule has 0 aliphatic heterocycles. The molecule has 8 nitrogen and oxygen atoms in total. The number of aromatic nitrogens is 1. The van der Waals surface area contributed by atoms with Gasteiger partial charge in [-0.25, -0.2) is 4.79 Å². The van der Waals surface area contributed by atoms with Crippen LogP contribution in [0, 0.1) is 0 Å². The average Bonchev–Trinajstić information content (AvgIpc) is 3.16. The number of halogens is 1. The first-order valence-corrected chi connectivity index (χ1v) is 9.59. The van der Waals surface area contributed by atoms with Gasteiger partial charge in [0, 0.05) is 16.3 Å². The summed E-state index contributed by atoms with van der Waals surface area (Å²) in [5.74, 6) is -0.613. The van der Waals surface area contributed by atoms with Crippen molar-refractivity contribution in [3.63, 3.8) is 0 Å². The lowest BCUT2D eigenvalue weighted by Gasteiger charge is -2.11. The summed E-state index contributed by atoms with van der Waals surface area (Å²) >= 11 is 5.94. The predicted octanol–water partition coefficient (Wildman–Crippen LogP) is 4.72. The fourth-order valence-electron chi connectivity index (χ4n) is 2.70. The molecule has 31 heavy (non-hydrogen) atoms. The van der Waals surface area contributed by atoms with Gasteiger partial charge >= 0.3 is 12.0 Å². The van der Waals surface area contributed by atoms with Crippen LogP contribution in [0.5, 0.6) is 0 Å². The largest absolute Gasteiger partial charge is 0.422 e. The molecule has 9 heteroatoms. The Balaban J connectivity index is 1.58. The molecule has 3 amide bonds. The van der Waals surface area contributed by atoms with E-state index in [9.17, 15) is 9.59 Å². The van der Waals surface area contributed by atoms with Crippen molar-refractivity contribution in [2.75, 3.05) is 5.32 Å². The first kappa shape index (κ1) is 20.1. The summed E-state index contributed by atoms with van der Waals surface area (Å²) in [6.07, 6.45) is 0. The van der Waals surface area contributed by atoms with Crippen LogP contribution in [-0.2, 0) is 0 Å². The Morgan fingerprint density at radius 1 is 0.903 bits per heavy atom. The third-order valence-corrected chi connectivity index (χ3v) is 4.31. The molecule has 0 saturated heterocycles. The van der Waals surface area contributed by atoms with Gasteiger partial charge in [-0.05, 0) is 42.5 Å². The number of para-hydroxylation sites is 2. The van der Waals surface area contributed by atoms with Gasteiger partial charge in [0.05, 0.1) is 0 Å². The molecule has 1 aromatic heterocycles. The number of hydrogen-bond acceptors (Lipinski definition) is 5. The highest BCUT2D eigenvalue weighted by Crippen LogP contribution is 2.20. The van der Waals surface area contributed by atoms with E-state index < -0.39 is 11.9 Å². The highest BCUT2D eigenvalue weighted by atomic mass is 35.5. The number of rotatable bonds is 3. The number of benzene rings is 3. The number of nitrogens with one attached hydrogen (secondary N) is 3. The molecule has 0 fully saturated rings. The van der Waals surface area contributed by atoms with E-state index in [2.05, 4.69) is 25.9 Å². The van der Waals surface area contributed by atoms with E-state index in [-0.39, 0.29) is 12.0 Å². The lowest BCUT2D eigenvalue weighted by Crippen LogP contribution is -2.45. The van der Waals surface area contributed by atoms with Crippen molar-refractivity contribution in [3.8, 4) is 0 Å². The minimum atomic E-state index is -0.634. The molecule has 0 spiro atoms. The van der Waals surface area contributed by atoms with Gasteiger partial charge in [-0.1, -0.05) is 48.0 Å². The molecule has 0 saturated carbocycles. The second kappa shape index (κ2) is 9.10. The summed E-state index contributed by atoms with van der Waals surface area (Å²) in [4.78, 5) is 33.4. The van der Waals surface area contributed by atoms with Crippen LogP contribution < -0.4 is 16.0 Å². The van der Waals surface area contributed by atoms with E-state index in [1.54, 1.807) is 72.8 Å². The summed E-state index contributed by atoms with van der Waals surface area (Å²) in [6.45, 7) is 0. The van der Waals surface area contributed by atoms with Crippen LogP contribution in [0.1, 0.15) is 10.4 Å². The van der Waals surface area contributed by atoms with Gasteiger partial charge in [-0.15, -0.1) is 0 Å². The minimum absolute atomic E-state index is 0.0207. The minimum Gasteiger partial charge on any atom is -0.422 e. The zero-order valence-electron chi connectivity index (χ0n) is 16.0. The molecule has 4 aromatic rings. The maximum absolute atomic E-state index is 12.6. The van der Waals surface area contributed by atoms with Crippen molar-refractivity contribution < 1.29 is 14.0 Å². The van der Waals surface area contributed by atoms with Crippen LogP contribution in [0.15, 0.2) is 88.3 Å². The third-order valence-electron chi connectivity index (χ3n) is 4.07. The van der Waals surface area contributed by atoms with E-state index in [4.69, 9.17) is 16.0 Å². The zero-order valence-corrected chi connectivity index (χ0v) is 16.8. The van der Waals surface area contributed by atoms with Gasteiger partial charge in [0.2, 0.25) is 5.96 Å². The molecule has 0 radical (unpaired) electrons. The van der Waals surface area contributed by atoms with Gasteiger partial charge in [0.1, 0.15) is 5.52 Å². The van der Waals surface area contributed by atoms with Crippen LogP contribution in [0.25, 0.3) is 11.1 Å². The van der Waals surface area contributed by atoms with Crippen LogP contribution >= 0.6 is 11.6 Å². The van der Waals surface area contributed by atoms with E-state index >= 15 is 0 Å². The molecule has 1 heterocycles. The number of aliphatic imine (C=N–C) groups is 1. The average molecular weight is 434 g/mol. The van der Waals surface area contributed by atoms with Gasteiger partial charge in [0.15, 0.2) is 5.58 Å². The van der Waals surface area contributed by atoms with Crippen LogP contribution in [-0.4, -0.2) is 22.9 Å². The quantitative estimate of drug-likeness (QED) is 0.321. The predicted molar refractivity (Wildman–Crippen MR) is 119 cm³/mol. The van der Waals surface area contributed by atoms with Crippen molar-refractivity contribution in [3.05, 3.63) is 89.4 Å². The van der Waals surface area contributed by atoms with Gasteiger partial charge in [-0.3, -0.25) is 15.4 Å². The second-order valence-electron chi connectivity index (χ2n) is 6.33. The molecule has 4 rings (SSSR count). The Bertz CT molecular complexity index is 1240. The van der Waals surface area contributed by atoms with E-state index in [1.807, 2.05) is 6.07 Å². The number of carbonyl (C=O) groups is 2. The number of amides is 3. The normalized spacial score (nSPS) is 11.2. The monoisotopic (exact) mass is 433 g/mol. The van der Waals surface area contributed by atoms with Crippen molar-refractivity contribution in [1.29, 1.82) is 0 Å². The second-order valence-corrected chi connectivity index (χ2v) is 6.77. The highest BCUT2D eigenvalue weighted by Gasteiger charge is 2.14. The van der Waals surface area contributed by atoms with Gasteiger partial charge in [0.25, 0.3) is 5.91 Å². The Kier molecular flexibility index (Phi) is 5.91. The number of carbonyl (C=O) groups excluding carboxylic acids is 2. The smallest absolute Gasteiger partial charge is 0.326 e. The molecule has 0 aliphatic carbocycles. The Hall–Kier alpha value is -4.17. The lowest BCUT2D eigenvalue weighted by atomic mass is 10.2. The molecular formula is C22H16ClN5O3. The first-order valence-electron chi connectivity index (χ1n) is 9.21. The number of hydrogen-bond donors (Lipinski definition) is 3. The number of fused-ring (bicyclic) bond motifs is 1. The van der Waals surface area contributed by atoms with Crippen molar-refractivity contribution in [2.24, 2.45) is 4.99 Å². The van der Waals surface area contributed by atoms with Crippen LogP contribution in [0.2, 0.25) is 5.02 Å². The molecule has 3 N–H and O–H groups in total. The summed E-state index contributed by atoms with van der Waals surface area (Å²) in [5, 5.41) is 8.16. The molecule has 3 aromatic carbocycles.